The number of H-pyrrole nitrogens is 2. The van der Waals surface area contributed by atoms with Gasteiger partial charge >= 0.3 is 0 Å². The van der Waals surface area contributed by atoms with E-state index in [2.05, 4.69) is 15.0 Å². The van der Waals surface area contributed by atoms with Crippen LogP contribution in [-0.4, -0.2) is 19.9 Å². The number of non-ortho nitro benzene ring substituents is 1. The average Bonchev–Trinajstić information content (AvgIpc) is 2.84. The first-order chi connectivity index (χ1) is 9.15. The van der Waals surface area contributed by atoms with Crippen LogP contribution in [0.4, 0.5) is 5.69 Å². The van der Waals surface area contributed by atoms with Crippen molar-refractivity contribution in [3.8, 4) is 11.3 Å². The van der Waals surface area contributed by atoms with Crippen LogP contribution in [0.2, 0.25) is 0 Å². The number of hydrogen-bond donors (Lipinski definition) is 2. The predicted molar refractivity (Wildman–Crippen MR) is 68.8 cm³/mol. The van der Waals surface area contributed by atoms with Crippen molar-refractivity contribution in [1.82, 2.24) is 15.0 Å². The zero-order valence-electron chi connectivity index (χ0n) is 9.58. The number of nitro groups is 1. The van der Waals surface area contributed by atoms with Crippen LogP contribution in [0.1, 0.15) is 0 Å². The van der Waals surface area contributed by atoms with Crippen LogP contribution in [-0.2, 0) is 0 Å². The second kappa shape index (κ2) is 4.05. The molecule has 0 radical (unpaired) electrons. The van der Waals surface area contributed by atoms with Crippen LogP contribution >= 0.6 is 0 Å². The summed E-state index contributed by atoms with van der Waals surface area (Å²) < 4.78 is 0. The number of aromatic amines is 2. The number of nitro benzene ring substituents is 1. The molecule has 19 heavy (non-hydrogen) atoms. The minimum atomic E-state index is -0.457. The molecule has 0 saturated heterocycles. The SMILES string of the molecule is O=c1[nH]cnc2[nH]c(-c3ccc([N+](=O)[O-])cc3)cc12. The van der Waals surface area contributed by atoms with E-state index < -0.39 is 4.92 Å². The highest BCUT2D eigenvalue weighted by molar-refractivity contribution is 5.82. The molecule has 0 aliphatic carbocycles. The molecule has 94 valence electrons. The molecule has 0 saturated carbocycles. The Balaban J connectivity index is 2.11. The number of benzene rings is 1. The summed E-state index contributed by atoms with van der Waals surface area (Å²) in [5.74, 6) is 0. The Morgan fingerprint density at radius 1 is 1.21 bits per heavy atom. The Kier molecular flexibility index (Phi) is 2.38. The first kappa shape index (κ1) is 11.1. The molecule has 2 aromatic heterocycles. The van der Waals surface area contributed by atoms with Crippen LogP contribution in [0.15, 0.2) is 41.5 Å². The number of rotatable bonds is 2. The normalized spacial score (nSPS) is 10.7. The van der Waals surface area contributed by atoms with Crippen molar-refractivity contribution in [2.45, 2.75) is 0 Å². The van der Waals surface area contributed by atoms with Crippen molar-refractivity contribution in [2.24, 2.45) is 0 Å². The third kappa shape index (κ3) is 1.86. The maximum absolute atomic E-state index is 11.6. The molecule has 1 aromatic carbocycles. The summed E-state index contributed by atoms with van der Waals surface area (Å²) in [6.45, 7) is 0. The van der Waals surface area contributed by atoms with E-state index in [1.54, 1.807) is 18.2 Å². The van der Waals surface area contributed by atoms with E-state index in [0.717, 1.165) is 5.56 Å². The molecular weight excluding hydrogens is 248 g/mol. The lowest BCUT2D eigenvalue weighted by Crippen LogP contribution is -2.04. The predicted octanol–water partition coefficient (Wildman–Crippen LogP) is 1.83. The van der Waals surface area contributed by atoms with Crippen molar-refractivity contribution in [3.05, 3.63) is 57.1 Å². The quantitative estimate of drug-likeness (QED) is 0.539. The second-order valence-electron chi connectivity index (χ2n) is 3.98. The molecule has 0 amide bonds. The molecule has 0 fully saturated rings. The summed E-state index contributed by atoms with van der Waals surface area (Å²) in [6.07, 6.45) is 1.32. The maximum atomic E-state index is 11.6. The number of nitrogens with zero attached hydrogens (tertiary/aromatic N) is 2. The van der Waals surface area contributed by atoms with E-state index in [1.807, 2.05) is 0 Å². The number of nitrogens with one attached hydrogen (secondary N) is 2. The van der Waals surface area contributed by atoms with Crippen LogP contribution in [0.5, 0.6) is 0 Å². The lowest BCUT2D eigenvalue weighted by atomic mass is 10.1. The van der Waals surface area contributed by atoms with Gasteiger partial charge in [-0.25, -0.2) is 4.98 Å². The lowest BCUT2D eigenvalue weighted by molar-refractivity contribution is -0.384. The van der Waals surface area contributed by atoms with Gasteiger partial charge in [0.15, 0.2) is 0 Å². The van der Waals surface area contributed by atoms with Gasteiger partial charge in [-0.2, -0.15) is 0 Å². The summed E-state index contributed by atoms with van der Waals surface area (Å²) in [6, 6.07) is 7.74. The van der Waals surface area contributed by atoms with Crippen molar-refractivity contribution in [2.75, 3.05) is 0 Å². The minimum absolute atomic E-state index is 0.0239. The molecule has 3 aromatic rings. The molecule has 0 bridgehead atoms. The fourth-order valence-corrected chi connectivity index (χ4v) is 1.87. The van der Waals surface area contributed by atoms with Gasteiger partial charge in [-0.05, 0) is 23.8 Å². The largest absolute Gasteiger partial charge is 0.339 e. The minimum Gasteiger partial charge on any atom is -0.339 e. The third-order valence-electron chi connectivity index (χ3n) is 2.82. The number of aromatic nitrogens is 3. The van der Waals surface area contributed by atoms with E-state index in [0.29, 0.717) is 16.7 Å². The summed E-state index contributed by atoms with van der Waals surface area (Å²) in [5, 5.41) is 11.0. The maximum Gasteiger partial charge on any atom is 0.269 e. The highest BCUT2D eigenvalue weighted by atomic mass is 16.6. The highest BCUT2D eigenvalue weighted by Gasteiger charge is 2.09. The van der Waals surface area contributed by atoms with E-state index in [1.165, 1.54) is 18.5 Å². The molecule has 0 unspecified atom stereocenters. The number of fused-ring (bicyclic) bond motifs is 1. The fraction of sp³-hybridized carbons (Fsp3) is 0. The van der Waals surface area contributed by atoms with Gasteiger partial charge in [0.25, 0.3) is 11.2 Å². The molecule has 0 aliphatic heterocycles. The average molecular weight is 256 g/mol. The molecule has 2 N–H and O–H groups in total. The molecule has 0 spiro atoms. The van der Waals surface area contributed by atoms with Gasteiger partial charge in [-0.15, -0.1) is 0 Å². The summed E-state index contributed by atoms with van der Waals surface area (Å²) in [4.78, 5) is 31.2. The first-order valence-corrected chi connectivity index (χ1v) is 5.46. The van der Waals surface area contributed by atoms with Gasteiger partial charge < -0.3 is 9.97 Å². The molecule has 7 heteroatoms. The molecule has 0 atom stereocenters. The van der Waals surface area contributed by atoms with Crippen LogP contribution in [0, 0.1) is 10.1 Å². The van der Waals surface area contributed by atoms with Gasteiger partial charge in [0, 0.05) is 17.8 Å². The fourth-order valence-electron chi connectivity index (χ4n) is 1.87. The smallest absolute Gasteiger partial charge is 0.269 e. The van der Waals surface area contributed by atoms with Crippen LogP contribution in [0.3, 0.4) is 0 Å². The van der Waals surface area contributed by atoms with Gasteiger partial charge in [-0.3, -0.25) is 14.9 Å². The summed E-state index contributed by atoms with van der Waals surface area (Å²) in [5.41, 5.74) is 1.72. The Hall–Kier alpha value is -2.96. The Morgan fingerprint density at radius 3 is 2.58 bits per heavy atom. The Morgan fingerprint density at radius 2 is 1.95 bits per heavy atom. The van der Waals surface area contributed by atoms with Crippen molar-refractivity contribution < 1.29 is 4.92 Å². The van der Waals surface area contributed by atoms with Crippen molar-refractivity contribution in [1.29, 1.82) is 0 Å². The second-order valence-corrected chi connectivity index (χ2v) is 3.98. The number of hydrogen-bond acceptors (Lipinski definition) is 4. The van der Waals surface area contributed by atoms with Crippen molar-refractivity contribution >= 4 is 16.7 Å². The molecule has 2 heterocycles. The first-order valence-electron chi connectivity index (χ1n) is 5.46. The Bertz CT molecular complexity index is 817. The molecule has 0 aliphatic rings. The summed E-state index contributed by atoms with van der Waals surface area (Å²) >= 11 is 0. The van der Waals surface area contributed by atoms with Gasteiger partial charge in [0.2, 0.25) is 0 Å². The van der Waals surface area contributed by atoms with Gasteiger partial charge in [0.1, 0.15) is 5.65 Å². The molecule has 3 rings (SSSR count). The zero-order valence-corrected chi connectivity index (χ0v) is 9.58. The third-order valence-corrected chi connectivity index (χ3v) is 2.82. The standard InChI is InChI=1S/C12H8N4O3/c17-12-9-5-10(15-11(9)13-6-14-12)7-1-3-8(4-2-7)16(18)19/h1-6H,(H2,13,14,15,17). The zero-order chi connectivity index (χ0) is 13.4. The van der Waals surface area contributed by atoms with Gasteiger partial charge in [0.05, 0.1) is 16.6 Å². The van der Waals surface area contributed by atoms with Crippen molar-refractivity contribution in [3.63, 3.8) is 0 Å². The van der Waals surface area contributed by atoms with E-state index >= 15 is 0 Å². The van der Waals surface area contributed by atoms with Gasteiger partial charge in [-0.1, -0.05) is 0 Å². The molecular formula is C12H8N4O3. The van der Waals surface area contributed by atoms with Crippen LogP contribution < -0.4 is 5.56 Å². The molecule has 7 nitrogen and oxygen atoms in total. The monoisotopic (exact) mass is 256 g/mol. The topological polar surface area (TPSA) is 105 Å². The summed E-state index contributed by atoms with van der Waals surface area (Å²) in [7, 11) is 0. The van der Waals surface area contributed by atoms with E-state index in [4.69, 9.17) is 0 Å². The Labute approximate surface area is 106 Å². The van der Waals surface area contributed by atoms with E-state index in [9.17, 15) is 14.9 Å². The highest BCUT2D eigenvalue weighted by Crippen LogP contribution is 2.23. The lowest BCUT2D eigenvalue weighted by Gasteiger charge is -1.96. The van der Waals surface area contributed by atoms with Crippen LogP contribution in [0.25, 0.3) is 22.3 Å². The van der Waals surface area contributed by atoms with E-state index in [-0.39, 0.29) is 11.2 Å².